The molecule has 3 aromatic rings. The number of benzene rings is 2. The summed E-state index contributed by atoms with van der Waals surface area (Å²) >= 11 is 0. The third-order valence-corrected chi connectivity index (χ3v) is 5.32. The molecule has 1 heterocycles. The molecule has 0 spiro atoms. The van der Waals surface area contributed by atoms with Crippen molar-refractivity contribution in [1.29, 1.82) is 0 Å². The number of allylic oxidation sites excluding steroid dienone is 2. The summed E-state index contributed by atoms with van der Waals surface area (Å²) in [5.41, 5.74) is 3.59. The Kier molecular flexibility index (Phi) is 4.87. The zero-order valence-electron chi connectivity index (χ0n) is 14.8. The highest BCUT2D eigenvalue weighted by atomic mass is 16.1. The largest absolute Gasteiger partial charge is 0.361 e. The Hall–Kier alpha value is -2.81. The number of hydrogen-bond acceptors (Lipinski definition) is 1. The van der Waals surface area contributed by atoms with Crippen molar-refractivity contribution in [3.8, 4) is 0 Å². The lowest BCUT2D eigenvalue weighted by Crippen LogP contribution is -2.34. The number of hydrogen-bond donors (Lipinski definition) is 2. The van der Waals surface area contributed by atoms with Crippen molar-refractivity contribution in [2.45, 2.75) is 25.2 Å². The fraction of sp³-hybridized carbons (Fsp3) is 0.261. The number of aromatic amines is 1. The van der Waals surface area contributed by atoms with Crippen LogP contribution in [-0.2, 0) is 4.79 Å². The van der Waals surface area contributed by atoms with Crippen molar-refractivity contribution < 1.29 is 4.79 Å². The lowest BCUT2D eigenvalue weighted by Gasteiger charge is -2.21. The van der Waals surface area contributed by atoms with Crippen molar-refractivity contribution >= 4 is 16.8 Å². The van der Waals surface area contributed by atoms with Gasteiger partial charge in [0.15, 0.2) is 0 Å². The van der Waals surface area contributed by atoms with E-state index in [2.05, 4.69) is 71.1 Å². The quantitative estimate of drug-likeness (QED) is 0.643. The Labute approximate surface area is 154 Å². The molecule has 4 rings (SSSR count). The molecule has 1 aromatic heterocycles. The number of nitrogens with one attached hydrogen (secondary N) is 2. The van der Waals surface area contributed by atoms with Crippen molar-refractivity contribution in [3.63, 3.8) is 0 Å². The molecule has 3 nitrogen and oxygen atoms in total. The number of carbonyl (C=O) groups excluding carboxylic acids is 1. The van der Waals surface area contributed by atoms with Gasteiger partial charge in [-0.1, -0.05) is 60.7 Å². The lowest BCUT2D eigenvalue weighted by atomic mass is 9.90. The zero-order chi connectivity index (χ0) is 17.8. The van der Waals surface area contributed by atoms with E-state index in [1.54, 1.807) is 0 Å². The Bertz CT molecular complexity index is 910. The number of carbonyl (C=O) groups is 1. The summed E-state index contributed by atoms with van der Waals surface area (Å²) in [5.74, 6) is 0.421. The van der Waals surface area contributed by atoms with Crippen LogP contribution in [0.25, 0.3) is 10.9 Å². The van der Waals surface area contributed by atoms with Gasteiger partial charge in [-0.2, -0.15) is 0 Å². The van der Waals surface area contributed by atoms with Crippen LogP contribution in [0.2, 0.25) is 0 Å². The molecule has 2 N–H and O–H groups in total. The maximum atomic E-state index is 12.6. The molecule has 2 aromatic carbocycles. The Morgan fingerprint density at radius 1 is 1.08 bits per heavy atom. The highest BCUT2D eigenvalue weighted by Crippen LogP contribution is 2.30. The van der Waals surface area contributed by atoms with Crippen molar-refractivity contribution in [1.82, 2.24) is 10.3 Å². The molecule has 0 unspecified atom stereocenters. The molecular formula is C23H24N2O. The monoisotopic (exact) mass is 344 g/mol. The summed E-state index contributed by atoms with van der Waals surface area (Å²) in [7, 11) is 0. The van der Waals surface area contributed by atoms with E-state index >= 15 is 0 Å². The molecule has 0 saturated heterocycles. The van der Waals surface area contributed by atoms with Gasteiger partial charge >= 0.3 is 0 Å². The van der Waals surface area contributed by atoms with Gasteiger partial charge in [0.1, 0.15) is 0 Å². The minimum atomic E-state index is 0.111. The number of H-pyrrole nitrogens is 1. The minimum Gasteiger partial charge on any atom is -0.361 e. The fourth-order valence-corrected chi connectivity index (χ4v) is 3.85. The standard InChI is InChI=1S/C23H24N2O/c26-23(18-11-5-2-6-12-18)25-15-20(17-9-3-1-4-10-17)21-16-24-22-14-8-7-13-19(21)22/h1-5,7-10,13-14,16,18,20,24H,6,11-12,15H2,(H,25,26)/t18-,20-/m1/s1. The van der Waals surface area contributed by atoms with Crippen molar-refractivity contribution in [2.75, 3.05) is 6.54 Å². The van der Waals surface area contributed by atoms with Gasteiger partial charge in [-0.25, -0.2) is 0 Å². The van der Waals surface area contributed by atoms with Crippen LogP contribution < -0.4 is 5.32 Å². The predicted octanol–water partition coefficient (Wildman–Crippen LogP) is 4.77. The van der Waals surface area contributed by atoms with E-state index in [1.165, 1.54) is 16.5 Å². The molecule has 132 valence electrons. The van der Waals surface area contributed by atoms with E-state index in [-0.39, 0.29) is 17.7 Å². The molecule has 1 aliphatic rings. The molecule has 0 fully saturated rings. The van der Waals surface area contributed by atoms with E-state index in [0.717, 1.165) is 24.8 Å². The Morgan fingerprint density at radius 3 is 2.69 bits per heavy atom. The fourth-order valence-electron chi connectivity index (χ4n) is 3.85. The highest BCUT2D eigenvalue weighted by Gasteiger charge is 2.22. The topological polar surface area (TPSA) is 44.9 Å². The maximum Gasteiger partial charge on any atom is 0.223 e. The van der Waals surface area contributed by atoms with Gasteiger partial charge in [-0.15, -0.1) is 0 Å². The summed E-state index contributed by atoms with van der Waals surface area (Å²) in [6, 6.07) is 18.8. The SMILES string of the molecule is O=C(NC[C@H](c1ccccc1)c1c[nH]c2ccccc12)[C@@H]1CC=CCC1. The second-order valence-corrected chi connectivity index (χ2v) is 6.98. The van der Waals surface area contributed by atoms with Gasteiger partial charge in [0.25, 0.3) is 0 Å². The molecule has 1 aliphatic carbocycles. The first-order valence-electron chi connectivity index (χ1n) is 9.36. The zero-order valence-corrected chi connectivity index (χ0v) is 14.8. The lowest BCUT2D eigenvalue weighted by molar-refractivity contribution is -0.125. The van der Waals surface area contributed by atoms with Gasteiger partial charge in [0.2, 0.25) is 5.91 Å². The molecule has 0 radical (unpaired) electrons. The van der Waals surface area contributed by atoms with Crippen LogP contribution in [-0.4, -0.2) is 17.4 Å². The Morgan fingerprint density at radius 2 is 1.88 bits per heavy atom. The first-order chi connectivity index (χ1) is 12.8. The molecule has 1 amide bonds. The van der Waals surface area contributed by atoms with E-state index in [0.29, 0.717) is 6.54 Å². The number of amides is 1. The van der Waals surface area contributed by atoms with Crippen molar-refractivity contribution in [3.05, 3.63) is 84.1 Å². The van der Waals surface area contributed by atoms with Crippen LogP contribution in [0.4, 0.5) is 0 Å². The molecule has 26 heavy (non-hydrogen) atoms. The first-order valence-corrected chi connectivity index (χ1v) is 9.36. The maximum absolute atomic E-state index is 12.6. The van der Waals surface area contributed by atoms with E-state index in [9.17, 15) is 4.79 Å². The van der Waals surface area contributed by atoms with Crippen LogP contribution in [0.3, 0.4) is 0 Å². The van der Waals surface area contributed by atoms with Gasteiger partial charge in [-0.05, 0) is 36.5 Å². The smallest absolute Gasteiger partial charge is 0.223 e. The van der Waals surface area contributed by atoms with E-state index in [1.807, 2.05) is 12.1 Å². The third kappa shape index (κ3) is 3.43. The molecule has 0 aliphatic heterocycles. The van der Waals surface area contributed by atoms with E-state index < -0.39 is 0 Å². The summed E-state index contributed by atoms with van der Waals surface area (Å²) in [5, 5.41) is 4.44. The molecule has 2 atom stereocenters. The number of para-hydroxylation sites is 1. The summed E-state index contributed by atoms with van der Waals surface area (Å²) in [6.45, 7) is 0.616. The van der Waals surface area contributed by atoms with Crippen LogP contribution in [0, 0.1) is 5.92 Å². The second-order valence-electron chi connectivity index (χ2n) is 6.98. The third-order valence-electron chi connectivity index (χ3n) is 5.32. The van der Waals surface area contributed by atoms with E-state index in [4.69, 9.17) is 0 Å². The second kappa shape index (κ2) is 7.61. The summed E-state index contributed by atoms with van der Waals surface area (Å²) < 4.78 is 0. The molecule has 3 heteroatoms. The van der Waals surface area contributed by atoms with Crippen LogP contribution >= 0.6 is 0 Å². The van der Waals surface area contributed by atoms with Gasteiger partial charge in [0.05, 0.1) is 0 Å². The highest BCUT2D eigenvalue weighted by molar-refractivity contribution is 5.84. The number of rotatable bonds is 5. The number of fused-ring (bicyclic) bond motifs is 1. The number of aromatic nitrogens is 1. The minimum absolute atomic E-state index is 0.111. The molecule has 0 saturated carbocycles. The summed E-state index contributed by atoms with van der Waals surface area (Å²) in [4.78, 5) is 16.0. The van der Waals surface area contributed by atoms with Crippen LogP contribution in [0.1, 0.15) is 36.3 Å². The predicted molar refractivity (Wildman–Crippen MR) is 106 cm³/mol. The average Bonchev–Trinajstić information content (AvgIpc) is 3.14. The van der Waals surface area contributed by atoms with Gasteiger partial charge in [-0.3, -0.25) is 4.79 Å². The first kappa shape index (κ1) is 16.6. The Balaban J connectivity index is 1.60. The average molecular weight is 344 g/mol. The molecule has 0 bridgehead atoms. The van der Waals surface area contributed by atoms with Gasteiger partial charge < -0.3 is 10.3 Å². The van der Waals surface area contributed by atoms with Crippen LogP contribution in [0.15, 0.2) is 72.9 Å². The van der Waals surface area contributed by atoms with Gasteiger partial charge in [0, 0.05) is 35.5 Å². The van der Waals surface area contributed by atoms with Crippen LogP contribution in [0.5, 0.6) is 0 Å². The normalized spacial score (nSPS) is 17.9. The molecular weight excluding hydrogens is 320 g/mol. The van der Waals surface area contributed by atoms with Crippen molar-refractivity contribution in [2.24, 2.45) is 5.92 Å². The summed E-state index contributed by atoms with van der Waals surface area (Å²) in [6.07, 6.45) is 9.19.